The molecule has 1 aromatic heterocycles. The van der Waals surface area contributed by atoms with Gasteiger partial charge in [-0.3, -0.25) is 0 Å². The van der Waals surface area contributed by atoms with E-state index in [0.717, 1.165) is 18.9 Å². The Bertz CT molecular complexity index is 332. The molecule has 1 heterocycles. The van der Waals surface area contributed by atoms with Crippen LogP contribution in [0.2, 0.25) is 0 Å². The zero-order valence-corrected chi connectivity index (χ0v) is 12.0. The fourth-order valence-electron chi connectivity index (χ4n) is 3.15. The van der Waals surface area contributed by atoms with Crippen molar-refractivity contribution in [2.45, 2.75) is 58.9 Å². The highest BCUT2D eigenvalue weighted by molar-refractivity contribution is 5.08. The Morgan fingerprint density at radius 3 is 2.67 bits per heavy atom. The molecule has 0 spiro atoms. The van der Waals surface area contributed by atoms with Crippen molar-refractivity contribution in [2.24, 2.45) is 11.3 Å². The first-order chi connectivity index (χ1) is 8.61. The lowest BCUT2D eigenvalue weighted by Gasteiger charge is -2.38. The van der Waals surface area contributed by atoms with E-state index >= 15 is 0 Å². The van der Waals surface area contributed by atoms with Gasteiger partial charge in [0.25, 0.3) is 0 Å². The van der Waals surface area contributed by atoms with Gasteiger partial charge in [0.15, 0.2) is 0 Å². The smallest absolute Gasteiger partial charge is 0.0935 e. The van der Waals surface area contributed by atoms with Crippen molar-refractivity contribution in [1.82, 2.24) is 5.32 Å². The van der Waals surface area contributed by atoms with E-state index in [0.29, 0.717) is 11.5 Å². The fraction of sp³-hybridized carbons (Fsp3) is 0.750. The lowest BCUT2D eigenvalue weighted by molar-refractivity contribution is 0.161. The topological polar surface area (TPSA) is 25.2 Å². The van der Waals surface area contributed by atoms with Crippen LogP contribution in [0.5, 0.6) is 0 Å². The van der Waals surface area contributed by atoms with E-state index in [1.807, 2.05) is 6.26 Å². The Balaban J connectivity index is 1.93. The molecular formula is C16H27NO. The molecule has 1 fully saturated rings. The standard InChI is InChI=1S/C16H27NO/c1-4-17-15(11-13-7-10-18-12-13)14-5-8-16(2,3)9-6-14/h7,10,12,14-15,17H,4-6,8-9,11H2,1-3H3. The van der Waals surface area contributed by atoms with E-state index in [1.165, 1.54) is 31.2 Å². The van der Waals surface area contributed by atoms with Crippen molar-refractivity contribution in [3.8, 4) is 0 Å². The average molecular weight is 249 g/mol. The van der Waals surface area contributed by atoms with E-state index in [1.54, 1.807) is 6.26 Å². The molecular weight excluding hydrogens is 222 g/mol. The molecule has 1 saturated carbocycles. The summed E-state index contributed by atoms with van der Waals surface area (Å²) in [6.07, 6.45) is 10.2. The van der Waals surface area contributed by atoms with Crippen LogP contribution >= 0.6 is 0 Å². The second-order valence-corrected chi connectivity index (χ2v) is 6.50. The minimum Gasteiger partial charge on any atom is -0.472 e. The van der Waals surface area contributed by atoms with Crippen molar-refractivity contribution < 1.29 is 4.42 Å². The normalized spacial score (nSPS) is 21.9. The number of hydrogen-bond donors (Lipinski definition) is 1. The summed E-state index contributed by atoms with van der Waals surface area (Å²) < 4.78 is 5.19. The van der Waals surface area contributed by atoms with Crippen LogP contribution in [0.15, 0.2) is 23.0 Å². The third-order valence-corrected chi connectivity index (χ3v) is 4.45. The van der Waals surface area contributed by atoms with Gasteiger partial charge in [-0.25, -0.2) is 0 Å². The molecule has 1 aliphatic rings. The predicted octanol–water partition coefficient (Wildman–Crippen LogP) is 4.02. The van der Waals surface area contributed by atoms with Gasteiger partial charge in [0, 0.05) is 6.04 Å². The summed E-state index contributed by atoms with van der Waals surface area (Å²) in [5, 5.41) is 3.68. The van der Waals surface area contributed by atoms with Crippen LogP contribution < -0.4 is 5.32 Å². The van der Waals surface area contributed by atoms with Crippen LogP contribution in [0.3, 0.4) is 0 Å². The Labute approximate surface area is 111 Å². The van der Waals surface area contributed by atoms with Crippen LogP contribution in [-0.4, -0.2) is 12.6 Å². The van der Waals surface area contributed by atoms with Crippen molar-refractivity contribution >= 4 is 0 Å². The van der Waals surface area contributed by atoms with Crippen molar-refractivity contribution in [3.05, 3.63) is 24.2 Å². The van der Waals surface area contributed by atoms with Crippen LogP contribution in [-0.2, 0) is 6.42 Å². The molecule has 1 unspecified atom stereocenters. The molecule has 18 heavy (non-hydrogen) atoms. The lowest BCUT2D eigenvalue weighted by Crippen LogP contribution is -2.40. The summed E-state index contributed by atoms with van der Waals surface area (Å²) in [6, 6.07) is 2.71. The Hall–Kier alpha value is -0.760. The Kier molecular flexibility index (Phi) is 4.50. The molecule has 102 valence electrons. The molecule has 0 bridgehead atoms. The monoisotopic (exact) mass is 249 g/mol. The largest absolute Gasteiger partial charge is 0.472 e. The maximum absolute atomic E-state index is 5.19. The second-order valence-electron chi connectivity index (χ2n) is 6.50. The molecule has 0 saturated heterocycles. The Morgan fingerprint density at radius 2 is 2.11 bits per heavy atom. The first-order valence-electron chi connectivity index (χ1n) is 7.35. The molecule has 0 aliphatic heterocycles. The van der Waals surface area contributed by atoms with Gasteiger partial charge in [-0.15, -0.1) is 0 Å². The quantitative estimate of drug-likeness (QED) is 0.852. The molecule has 0 radical (unpaired) electrons. The summed E-state index contributed by atoms with van der Waals surface area (Å²) in [4.78, 5) is 0. The van der Waals surface area contributed by atoms with Crippen molar-refractivity contribution in [1.29, 1.82) is 0 Å². The van der Waals surface area contributed by atoms with E-state index < -0.39 is 0 Å². The zero-order chi connectivity index (χ0) is 13.0. The number of likely N-dealkylation sites (N-methyl/N-ethyl adjacent to an activating group) is 1. The number of rotatable bonds is 5. The molecule has 1 aliphatic carbocycles. The molecule has 2 nitrogen and oxygen atoms in total. The molecule has 0 amide bonds. The van der Waals surface area contributed by atoms with E-state index in [-0.39, 0.29) is 0 Å². The third-order valence-electron chi connectivity index (χ3n) is 4.45. The lowest BCUT2D eigenvalue weighted by atomic mass is 9.70. The van der Waals surface area contributed by atoms with Gasteiger partial charge in [0.05, 0.1) is 12.5 Å². The molecule has 1 N–H and O–H groups in total. The minimum atomic E-state index is 0.558. The number of nitrogens with one attached hydrogen (secondary N) is 1. The fourth-order valence-corrected chi connectivity index (χ4v) is 3.15. The molecule has 0 aromatic carbocycles. The Morgan fingerprint density at radius 1 is 1.39 bits per heavy atom. The van der Waals surface area contributed by atoms with Gasteiger partial charge >= 0.3 is 0 Å². The summed E-state index contributed by atoms with van der Waals surface area (Å²) in [6.45, 7) is 8.07. The third kappa shape index (κ3) is 3.61. The highest BCUT2D eigenvalue weighted by Gasteiger charge is 2.31. The van der Waals surface area contributed by atoms with E-state index in [9.17, 15) is 0 Å². The number of furan rings is 1. The predicted molar refractivity (Wildman–Crippen MR) is 75.6 cm³/mol. The first-order valence-corrected chi connectivity index (χ1v) is 7.35. The van der Waals surface area contributed by atoms with Crippen LogP contribution in [0.25, 0.3) is 0 Å². The average Bonchev–Trinajstić information content (AvgIpc) is 2.81. The summed E-state index contributed by atoms with van der Waals surface area (Å²) in [7, 11) is 0. The van der Waals surface area contributed by atoms with Crippen LogP contribution in [0.4, 0.5) is 0 Å². The molecule has 1 aromatic rings. The molecule has 2 rings (SSSR count). The SMILES string of the molecule is CCNC(Cc1ccoc1)C1CCC(C)(C)CC1. The van der Waals surface area contributed by atoms with Crippen molar-refractivity contribution in [3.63, 3.8) is 0 Å². The first kappa shape index (κ1) is 13.7. The van der Waals surface area contributed by atoms with E-state index in [4.69, 9.17) is 4.42 Å². The summed E-state index contributed by atoms with van der Waals surface area (Å²) in [5.41, 5.74) is 1.88. The van der Waals surface area contributed by atoms with Crippen LogP contribution in [0.1, 0.15) is 52.0 Å². The maximum atomic E-state index is 5.19. The van der Waals surface area contributed by atoms with E-state index in [2.05, 4.69) is 32.2 Å². The van der Waals surface area contributed by atoms with Crippen molar-refractivity contribution in [2.75, 3.05) is 6.54 Å². The van der Waals surface area contributed by atoms with Gasteiger partial charge < -0.3 is 9.73 Å². The molecule has 1 atom stereocenters. The van der Waals surface area contributed by atoms with Gasteiger partial charge in [-0.1, -0.05) is 20.8 Å². The zero-order valence-electron chi connectivity index (χ0n) is 12.0. The highest BCUT2D eigenvalue weighted by atomic mass is 16.3. The number of hydrogen-bond acceptors (Lipinski definition) is 2. The van der Waals surface area contributed by atoms with Gasteiger partial charge in [-0.2, -0.15) is 0 Å². The maximum Gasteiger partial charge on any atom is 0.0935 e. The summed E-state index contributed by atoms with van der Waals surface area (Å²) in [5.74, 6) is 0.827. The van der Waals surface area contributed by atoms with Gasteiger partial charge in [0.1, 0.15) is 0 Å². The highest BCUT2D eigenvalue weighted by Crippen LogP contribution is 2.39. The molecule has 2 heteroatoms. The minimum absolute atomic E-state index is 0.558. The van der Waals surface area contributed by atoms with Crippen LogP contribution in [0, 0.1) is 11.3 Å². The summed E-state index contributed by atoms with van der Waals surface area (Å²) >= 11 is 0. The van der Waals surface area contributed by atoms with Gasteiger partial charge in [-0.05, 0) is 61.6 Å². The van der Waals surface area contributed by atoms with Gasteiger partial charge in [0.2, 0.25) is 0 Å². The second kappa shape index (κ2) is 5.92.